The highest BCUT2D eigenvalue weighted by Gasteiger charge is 2.13. The van der Waals surface area contributed by atoms with E-state index < -0.39 is 0 Å². The maximum absolute atomic E-state index is 12.5. The smallest absolute Gasteiger partial charge is 0.269 e. The molecule has 1 aliphatic heterocycles. The molecule has 0 atom stereocenters. The SMILES string of the molecule is Cc1cc(-c2cc(-n3ccnc3)cs2)nn(CCN2CCOCC2)c1=O.Cl. The quantitative estimate of drug-likeness (QED) is 0.648. The minimum Gasteiger partial charge on any atom is -0.379 e. The van der Waals surface area contributed by atoms with Gasteiger partial charge in [0.1, 0.15) is 5.69 Å². The molecule has 0 saturated carbocycles. The third-order valence-electron chi connectivity index (χ3n) is 4.53. The Kier molecular flexibility index (Phi) is 6.43. The van der Waals surface area contributed by atoms with E-state index in [1.807, 2.05) is 23.8 Å². The summed E-state index contributed by atoms with van der Waals surface area (Å²) in [6.07, 6.45) is 5.44. The molecular weight excluding hydrogens is 386 g/mol. The van der Waals surface area contributed by atoms with Crippen LogP contribution in [0.15, 0.2) is 41.0 Å². The fourth-order valence-corrected chi connectivity index (χ4v) is 3.86. The van der Waals surface area contributed by atoms with Gasteiger partial charge in [0.15, 0.2) is 0 Å². The minimum atomic E-state index is -0.0200. The average molecular weight is 408 g/mol. The molecule has 0 bridgehead atoms. The van der Waals surface area contributed by atoms with E-state index in [1.54, 1.807) is 28.5 Å². The normalized spacial score (nSPS) is 14.9. The number of imidazole rings is 1. The van der Waals surface area contributed by atoms with Gasteiger partial charge in [-0.1, -0.05) is 0 Å². The van der Waals surface area contributed by atoms with Gasteiger partial charge in [-0.2, -0.15) is 5.10 Å². The zero-order valence-electron chi connectivity index (χ0n) is 15.1. The van der Waals surface area contributed by atoms with Gasteiger partial charge in [0.05, 0.1) is 36.7 Å². The highest BCUT2D eigenvalue weighted by atomic mass is 35.5. The summed E-state index contributed by atoms with van der Waals surface area (Å²) in [4.78, 5) is 19.9. The van der Waals surface area contributed by atoms with Gasteiger partial charge in [-0.05, 0) is 19.1 Å². The number of hydrogen-bond acceptors (Lipinski definition) is 6. The Morgan fingerprint density at radius 2 is 2.04 bits per heavy atom. The summed E-state index contributed by atoms with van der Waals surface area (Å²) in [5.41, 5.74) is 2.58. The third kappa shape index (κ3) is 4.47. The van der Waals surface area contributed by atoms with E-state index in [0.717, 1.165) is 54.7 Å². The summed E-state index contributed by atoms with van der Waals surface area (Å²) in [7, 11) is 0. The lowest BCUT2D eigenvalue weighted by molar-refractivity contribution is 0.0358. The Labute approximate surface area is 167 Å². The van der Waals surface area contributed by atoms with E-state index in [9.17, 15) is 4.79 Å². The molecule has 3 aromatic rings. The predicted molar refractivity (Wildman–Crippen MR) is 108 cm³/mol. The standard InChI is InChI=1S/C18H21N5O2S.ClH/c1-14-10-16(17-11-15(12-26-17)22-3-2-19-13-22)20-23(18(14)24)5-4-21-6-8-25-9-7-21;/h2-3,10-13H,4-9H2,1H3;1H. The van der Waals surface area contributed by atoms with Gasteiger partial charge in [0.25, 0.3) is 5.56 Å². The molecule has 0 amide bonds. The Morgan fingerprint density at radius 1 is 1.22 bits per heavy atom. The topological polar surface area (TPSA) is 65.2 Å². The van der Waals surface area contributed by atoms with Crippen LogP contribution in [-0.2, 0) is 11.3 Å². The van der Waals surface area contributed by atoms with E-state index in [1.165, 1.54) is 0 Å². The van der Waals surface area contributed by atoms with Gasteiger partial charge < -0.3 is 9.30 Å². The average Bonchev–Trinajstić information content (AvgIpc) is 3.35. The monoisotopic (exact) mass is 407 g/mol. The number of aryl methyl sites for hydroxylation is 1. The van der Waals surface area contributed by atoms with Crippen LogP contribution >= 0.6 is 23.7 Å². The van der Waals surface area contributed by atoms with Crippen molar-refractivity contribution in [1.29, 1.82) is 0 Å². The molecule has 1 fully saturated rings. The van der Waals surface area contributed by atoms with Crippen molar-refractivity contribution in [3.05, 3.63) is 52.2 Å². The van der Waals surface area contributed by atoms with Crippen LogP contribution in [0.5, 0.6) is 0 Å². The van der Waals surface area contributed by atoms with E-state index in [4.69, 9.17) is 4.74 Å². The summed E-state index contributed by atoms with van der Waals surface area (Å²) in [5.74, 6) is 0. The second kappa shape index (κ2) is 8.79. The summed E-state index contributed by atoms with van der Waals surface area (Å²) in [6.45, 7) is 6.58. The van der Waals surface area contributed by atoms with E-state index in [2.05, 4.69) is 26.4 Å². The Bertz CT molecular complexity index is 932. The molecule has 3 aromatic heterocycles. The molecule has 27 heavy (non-hydrogen) atoms. The van der Waals surface area contributed by atoms with Gasteiger partial charge in [-0.15, -0.1) is 23.7 Å². The second-order valence-corrected chi connectivity index (χ2v) is 7.25. The molecule has 4 rings (SSSR count). The van der Waals surface area contributed by atoms with Gasteiger partial charge in [-0.25, -0.2) is 9.67 Å². The number of ether oxygens (including phenoxy) is 1. The molecule has 1 saturated heterocycles. The molecular formula is C18H22ClN5O2S. The maximum Gasteiger partial charge on any atom is 0.269 e. The fourth-order valence-electron chi connectivity index (χ4n) is 3.02. The summed E-state index contributed by atoms with van der Waals surface area (Å²) in [5, 5.41) is 6.68. The number of morpholine rings is 1. The summed E-state index contributed by atoms with van der Waals surface area (Å²) in [6, 6.07) is 3.95. The first-order valence-electron chi connectivity index (χ1n) is 8.67. The highest BCUT2D eigenvalue weighted by molar-refractivity contribution is 7.13. The molecule has 0 N–H and O–H groups in total. The lowest BCUT2D eigenvalue weighted by atomic mass is 10.2. The van der Waals surface area contributed by atoms with Crippen LogP contribution in [0.4, 0.5) is 0 Å². The van der Waals surface area contributed by atoms with E-state index >= 15 is 0 Å². The molecule has 0 aliphatic carbocycles. The number of thiophene rings is 1. The van der Waals surface area contributed by atoms with Gasteiger partial charge in [0, 0.05) is 43.0 Å². The van der Waals surface area contributed by atoms with Crippen LogP contribution in [0.1, 0.15) is 5.56 Å². The number of halogens is 1. The van der Waals surface area contributed by atoms with Crippen molar-refractivity contribution in [3.63, 3.8) is 0 Å². The van der Waals surface area contributed by atoms with Gasteiger partial charge in [0.2, 0.25) is 0 Å². The van der Waals surface area contributed by atoms with Crippen LogP contribution in [0.25, 0.3) is 16.3 Å². The van der Waals surface area contributed by atoms with Crippen LogP contribution in [-0.4, -0.2) is 57.1 Å². The van der Waals surface area contributed by atoms with Crippen LogP contribution < -0.4 is 5.56 Å². The number of rotatable bonds is 5. The van der Waals surface area contributed by atoms with Crippen molar-refractivity contribution >= 4 is 23.7 Å². The molecule has 0 spiro atoms. The first-order chi connectivity index (χ1) is 12.7. The lowest BCUT2D eigenvalue weighted by Crippen LogP contribution is -2.40. The first-order valence-corrected chi connectivity index (χ1v) is 9.55. The van der Waals surface area contributed by atoms with Gasteiger partial charge in [-0.3, -0.25) is 9.69 Å². The Morgan fingerprint density at radius 3 is 2.78 bits per heavy atom. The zero-order valence-corrected chi connectivity index (χ0v) is 16.7. The first kappa shape index (κ1) is 19.8. The van der Waals surface area contributed by atoms with Crippen molar-refractivity contribution < 1.29 is 4.74 Å². The molecule has 1 aliphatic rings. The molecule has 7 nitrogen and oxygen atoms in total. The zero-order chi connectivity index (χ0) is 17.9. The van der Waals surface area contributed by atoms with Crippen molar-refractivity contribution in [3.8, 4) is 16.3 Å². The Balaban J connectivity index is 0.00000210. The third-order valence-corrected chi connectivity index (χ3v) is 5.47. The van der Waals surface area contributed by atoms with E-state index in [-0.39, 0.29) is 18.0 Å². The molecule has 144 valence electrons. The largest absolute Gasteiger partial charge is 0.379 e. The summed E-state index contributed by atoms with van der Waals surface area (Å²) >= 11 is 1.62. The molecule has 0 aromatic carbocycles. The summed E-state index contributed by atoms with van der Waals surface area (Å²) < 4.78 is 8.93. The second-order valence-electron chi connectivity index (χ2n) is 6.33. The van der Waals surface area contributed by atoms with Gasteiger partial charge >= 0.3 is 0 Å². The molecule has 9 heteroatoms. The van der Waals surface area contributed by atoms with Crippen molar-refractivity contribution in [2.45, 2.75) is 13.5 Å². The molecule has 0 radical (unpaired) electrons. The van der Waals surface area contributed by atoms with Crippen LogP contribution in [0.2, 0.25) is 0 Å². The van der Waals surface area contributed by atoms with E-state index in [0.29, 0.717) is 6.54 Å². The number of hydrogen-bond donors (Lipinski definition) is 0. The number of aromatic nitrogens is 4. The van der Waals surface area contributed by atoms with Crippen molar-refractivity contribution in [1.82, 2.24) is 24.2 Å². The minimum absolute atomic E-state index is 0. The Hall–Kier alpha value is -2.00. The predicted octanol–water partition coefficient (Wildman–Crippen LogP) is 2.22. The fraction of sp³-hybridized carbons (Fsp3) is 0.389. The highest BCUT2D eigenvalue weighted by Crippen LogP contribution is 2.27. The van der Waals surface area contributed by atoms with Crippen molar-refractivity contribution in [2.24, 2.45) is 0 Å². The van der Waals surface area contributed by atoms with Crippen molar-refractivity contribution in [2.75, 3.05) is 32.8 Å². The van der Waals surface area contributed by atoms with Crippen LogP contribution in [0, 0.1) is 6.92 Å². The molecule has 4 heterocycles. The molecule has 0 unspecified atom stereocenters. The number of nitrogens with zero attached hydrogens (tertiary/aromatic N) is 5. The van der Waals surface area contributed by atoms with Crippen LogP contribution in [0.3, 0.4) is 0 Å². The maximum atomic E-state index is 12.5. The lowest BCUT2D eigenvalue weighted by Gasteiger charge is -2.26.